The van der Waals surface area contributed by atoms with E-state index in [2.05, 4.69) is 9.82 Å². The van der Waals surface area contributed by atoms with Crippen molar-refractivity contribution >= 4 is 10.0 Å². The van der Waals surface area contributed by atoms with Gasteiger partial charge in [-0.2, -0.15) is 5.10 Å². The van der Waals surface area contributed by atoms with Gasteiger partial charge in [0, 0.05) is 19.8 Å². The van der Waals surface area contributed by atoms with E-state index < -0.39 is 15.6 Å². The van der Waals surface area contributed by atoms with E-state index in [9.17, 15) is 13.5 Å². The minimum atomic E-state index is -3.61. The van der Waals surface area contributed by atoms with Gasteiger partial charge in [-0.3, -0.25) is 4.68 Å². The molecule has 0 aliphatic heterocycles. The van der Waals surface area contributed by atoms with Gasteiger partial charge in [-0.25, -0.2) is 13.1 Å². The minimum absolute atomic E-state index is 0.00842. The molecule has 0 saturated carbocycles. The Morgan fingerprint density at radius 2 is 2.22 bits per heavy atom. The lowest BCUT2D eigenvalue weighted by atomic mass is 9.89. The number of hydrogen-bond acceptors (Lipinski definition) is 4. The first kappa shape index (κ1) is 15.1. The highest BCUT2D eigenvalue weighted by molar-refractivity contribution is 7.89. The Bertz CT molecular complexity index is 493. The highest BCUT2D eigenvalue weighted by Crippen LogP contribution is 2.19. The van der Waals surface area contributed by atoms with E-state index in [4.69, 9.17) is 0 Å². The van der Waals surface area contributed by atoms with Gasteiger partial charge in [-0.15, -0.1) is 0 Å². The summed E-state index contributed by atoms with van der Waals surface area (Å²) in [4.78, 5) is 0.102. The molecule has 1 rings (SSSR count). The van der Waals surface area contributed by atoms with Gasteiger partial charge in [0.05, 0.1) is 11.8 Å². The fraction of sp³-hybridized carbons (Fsp3) is 0.727. The van der Waals surface area contributed by atoms with Crippen LogP contribution in [0.2, 0.25) is 0 Å². The number of nitrogens with one attached hydrogen (secondary N) is 1. The maximum Gasteiger partial charge on any atom is 0.243 e. The van der Waals surface area contributed by atoms with Crippen LogP contribution >= 0.6 is 0 Å². The highest BCUT2D eigenvalue weighted by atomic mass is 32.2. The zero-order chi connectivity index (χ0) is 14.0. The van der Waals surface area contributed by atoms with Crippen LogP contribution in [0.4, 0.5) is 0 Å². The zero-order valence-corrected chi connectivity index (χ0v) is 12.0. The molecule has 0 aliphatic rings. The number of nitrogens with zero attached hydrogens (tertiary/aromatic N) is 2. The second kappa shape index (κ2) is 5.38. The molecule has 1 aromatic heterocycles. The monoisotopic (exact) mass is 275 g/mol. The molecule has 0 radical (unpaired) electrons. The molecule has 0 saturated heterocycles. The molecule has 1 aromatic rings. The Labute approximate surface area is 108 Å². The van der Waals surface area contributed by atoms with Crippen molar-refractivity contribution in [3.63, 3.8) is 0 Å². The summed E-state index contributed by atoms with van der Waals surface area (Å²) in [5.74, 6) is 0.00842. The van der Waals surface area contributed by atoms with E-state index in [1.165, 1.54) is 17.1 Å². The smallest absolute Gasteiger partial charge is 0.243 e. The average Bonchev–Trinajstić information content (AvgIpc) is 2.73. The van der Waals surface area contributed by atoms with Gasteiger partial charge in [0.15, 0.2) is 0 Å². The molecule has 0 fully saturated rings. The maximum absolute atomic E-state index is 11.9. The van der Waals surface area contributed by atoms with E-state index in [1.807, 2.05) is 13.8 Å². The molecular weight excluding hydrogens is 254 g/mol. The van der Waals surface area contributed by atoms with E-state index in [-0.39, 0.29) is 17.4 Å². The fourth-order valence-electron chi connectivity index (χ4n) is 1.48. The number of hydrogen-bond donors (Lipinski definition) is 2. The largest absolute Gasteiger partial charge is 0.389 e. The third-order valence-electron chi connectivity index (χ3n) is 3.29. The summed E-state index contributed by atoms with van der Waals surface area (Å²) < 4.78 is 27.7. The van der Waals surface area contributed by atoms with Crippen molar-refractivity contribution in [2.24, 2.45) is 13.0 Å². The predicted molar refractivity (Wildman–Crippen MR) is 68.5 cm³/mol. The highest BCUT2D eigenvalue weighted by Gasteiger charge is 2.29. The molecule has 6 nitrogen and oxygen atoms in total. The van der Waals surface area contributed by atoms with Crippen molar-refractivity contribution in [3.05, 3.63) is 12.4 Å². The van der Waals surface area contributed by atoms with Crippen LogP contribution in [0.25, 0.3) is 0 Å². The predicted octanol–water partition coefficient (Wildman–Crippen LogP) is 0.495. The van der Waals surface area contributed by atoms with Crippen molar-refractivity contribution in [2.45, 2.75) is 37.7 Å². The summed E-state index contributed by atoms with van der Waals surface area (Å²) in [5, 5.41) is 14.0. The third-order valence-corrected chi connectivity index (χ3v) is 4.64. The van der Waals surface area contributed by atoms with E-state index in [0.717, 1.165) is 6.42 Å². The first-order valence-corrected chi connectivity index (χ1v) is 7.38. The molecule has 2 atom stereocenters. The Balaban J connectivity index is 2.74. The van der Waals surface area contributed by atoms with Gasteiger partial charge >= 0.3 is 0 Å². The molecule has 0 unspecified atom stereocenters. The van der Waals surface area contributed by atoms with Crippen molar-refractivity contribution in [1.82, 2.24) is 14.5 Å². The van der Waals surface area contributed by atoms with Gasteiger partial charge in [0.25, 0.3) is 0 Å². The molecule has 0 aromatic carbocycles. The van der Waals surface area contributed by atoms with Crippen molar-refractivity contribution in [3.8, 4) is 0 Å². The topological polar surface area (TPSA) is 84.2 Å². The van der Waals surface area contributed by atoms with Gasteiger partial charge in [-0.1, -0.05) is 20.3 Å². The summed E-state index contributed by atoms with van der Waals surface area (Å²) >= 11 is 0. The lowest BCUT2D eigenvalue weighted by Gasteiger charge is -2.29. The molecule has 0 spiro atoms. The number of aromatic nitrogens is 2. The number of aliphatic hydroxyl groups is 1. The number of rotatable bonds is 6. The molecular formula is C11H21N3O3S. The molecule has 0 bridgehead atoms. The summed E-state index contributed by atoms with van der Waals surface area (Å²) in [6, 6.07) is 0. The average molecular weight is 275 g/mol. The summed E-state index contributed by atoms with van der Waals surface area (Å²) in [6.07, 6.45) is 3.47. The van der Waals surface area contributed by atoms with E-state index in [1.54, 1.807) is 14.0 Å². The number of aryl methyl sites for hydroxylation is 1. The maximum atomic E-state index is 11.9. The van der Waals surface area contributed by atoms with Gasteiger partial charge < -0.3 is 5.11 Å². The lowest BCUT2D eigenvalue weighted by Crippen LogP contribution is -2.44. The summed E-state index contributed by atoms with van der Waals surface area (Å²) in [5.41, 5.74) is -1.07. The Morgan fingerprint density at radius 1 is 1.61 bits per heavy atom. The Morgan fingerprint density at radius 3 is 2.67 bits per heavy atom. The van der Waals surface area contributed by atoms with Crippen LogP contribution in [0.5, 0.6) is 0 Å². The summed E-state index contributed by atoms with van der Waals surface area (Å²) in [6.45, 7) is 5.46. The van der Waals surface area contributed by atoms with Gasteiger partial charge in [0.1, 0.15) is 4.90 Å². The minimum Gasteiger partial charge on any atom is -0.389 e. The second-order valence-corrected chi connectivity index (χ2v) is 6.61. The molecule has 2 N–H and O–H groups in total. The molecule has 0 aliphatic carbocycles. The zero-order valence-electron chi connectivity index (χ0n) is 11.2. The standard InChI is InChI=1S/C11H21N3O3S/c1-5-9(2)11(3,15)8-13-18(16,17)10-6-12-14(4)7-10/h6-7,9,13,15H,5,8H2,1-4H3/t9-,11-/m1/s1. The molecule has 7 heteroatoms. The van der Waals surface area contributed by atoms with Gasteiger partial charge in [-0.05, 0) is 12.8 Å². The third kappa shape index (κ3) is 3.54. The molecule has 18 heavy (non-hydrogen) atoms. The van der Waals surface area contributed by atoms with E-state index >= 15 is 0 Å². The van der Waals surface area contributed by atoms with E-state index in [0.29, 0.717) is 0 Å². The van der Waals surface area contributed by atoms with Crippen LogP contribution in [0.3, 0.4) is 0 Å². The first-order valence-electron chi connectivity index (χ1n) is 5.89. The first-order chi connectivity index (χ1) is 8.19. The Kier molecular flexibility index (Phi) is 4.52. The second-order valence-electron chi connectivity index (χ2n) is 4.84. The summed E-state index contributed by atoms with van der Waals surface area (Å²) in [7, 11) is -1.96. The van der Waals surface area contributed by atoms with Crippen molar-refractivity contribution < 1.29 is 13.5 Å². The number of sulfonamides is 1. The molecule has 104 valence electrons. The fourth-order valence-corrected chi connectivity index (χ4v) is 2.60. The quantitative estimate of drug-likeness (QED) is 0.791. The SMILES string of the molecule is CC[C@@H](C)[C@](C)(O)CNS(=O)(=O)c1cnn(C)c1. The van der Waals surface area contributed by atoms with Crippen LogP contribution in [0.1, 0.15) is 27.2 Å². The van der Waals surface area contributed by atoms with Crippen LogP contribution in [0, 0.1) is 5.92 Å². The van der Waals surface area contributed by atoms with Crippen LogP contribution in [-0.2, 0) is 17.1 Å². The van der Waals surface area contributed by atoms with Crippen LogP contribution in [-0.4, -0.2) is 35.5 Å². The normalized spacial score (nSPS) is 17.4. The van der Waals surface area contributed by atoms with Crippen molar-refractivity contribution in [2.75, 3.05) is 6.54 Å². The molecule has 1 heterocycles. The lowest BCUT2D eigenvalue weighted by molar-refractivity contribution is 0.0102. The van der Waals surface area contributed by atoms with Crippen molar-refractivity contribution in [1.29, 1.82) is 0 Å². The van der Waals surface area contributed by atoms with Gasteiger partial charge in [0.2, 0.25) is 10.0 Å². The van der Waals surface area contributed by atoms with Crippen LogP contribution in [0.15, 0.2) is 17.3 Å². The Hall–Kier alpha value is -0.920. The molecule has 0 amide bonds. The van der Waals surface area contributed by atoms with Crippen LogP contribution < -0.4 is 4.72 Å².